The van der Waals surface area contributed by atoms with E-state index in [4.69, 9.17) is 20.9 Å². The van der Waals surface area contributed by atoms with E-state index in [2.05, 4.69) is 15.5 Å². The summed E-state index contributed by atoms with van der Waals surface area (Å²) in [6, 6.07) is 7.66. The molecule has 0 unspecified atom stereocenters. The summed E-state index contributed by atoms with van der Waals surface area (Å²) in [5, 5.41) is 8.00. The van der Waals surface area contributed by atoms with Crippen molar-refractivity contribution in [3.63, 3.8) is 0 Å². The molecule has 21 heavy (non-hydrogen) atoms. The molecule has 3 rings (SSSR count). The molecule has 5 nitrogen and oxygen atoms in total. The van der Waals surface area contributed by atoms with Crippen molar-refractivity contribution in [2.45, 2.75) is 32.0 Å². The topological polar surface area (TPSA) is 60.2 Å². The first-order valence-electron chi connectivity index (χ1n) is 7.18. The van der Waals surface area contributed by atoms with E-state index in [0.29, 0.717) is 29.8 Å². The van der Waals surface area contributed by atoms with Crippen LogP contribution in [0.25, 0.3) is 0 Å². The first kappa shape index (κ1) is 14.5. The minimum atomic E-state index is 0.287. The van der Waals surface area contributed by atoms with Crippen LogP contribution in [0.3, 0.4) is 0 Å². The first-order valence-corrected chi connectivity index (χ1v) is 7.55. The molecule has 1 aliphatic heterocycles. The van der Waals surface area contributed by atoms with E-state index in [0.717, 1.165) is 31.5 Å². The van der Waals surface area contributed by atoms with E-state index >= 15 is 0 Å². The second kappa shape index (κ2) is 7.02. The van der Waals surface area contributed by atoms with E-state index < -0.39 is 0 Å². The van der Waals surface area contributed by atoms with E-state index in [1.54, 1.807) is 0 Å². The van der Waals surface area contributed by atoms with Gasteiger partial charge in [0.05, 0.1) is 6.10 Å². The molecule has 0 saturated carbocycles. The van der Waals surface area contributed by atoms with Crippen molar-refractivity contribution in [1.82, 2.24) is 15.5 Å². The smallest absolute Gasteiger partial charge is 0.252 e. The standard InChI is InChI=1S/C15H18ClN3O2/c16-12-3-1-2-11(8-12)9-14-18-15(21-19-14)10-20-13-4-6-17-7-5-13/h1-3,8,13,17H,4-7,9-10H2. The van der Waals surface area contributed by atoms with Crippen LogP contribution in [0.15, 0.2) is 28.8 Å². The maximum Gasteiger partial charge on any atom is 0.252 e. The summed E-state index contributed by atoms with van der Waals surface area (Å²) in [5.41, 5.74) is 1.06. The molecule has 6 heteroatoms. The molecular weight excluding hydrogens is 290 g/mol. The van der Waals surface area contributed by atoms with Crippen LogP contribution in [0.4, 0.5) is 0 Å². The minimum absolute atomic E-state index is 0.287. The number of ether oxygens (including phenoxy) is 1. The van der Waals surface area contributed by atoms with Gasteiger partial charge in [-0.1, -0.05) is 28.9 Å². The Morgan fingerprint density at radius 1 is 1.33 bits per heavy atom. The highest BCUT2D eigenvalue weighted by Crippen LogP contribution is 2.14. The Kier molecular flexibility index (Phi) is 4.85. The molecule has 2 heterocycles. The predicted octanol–water partition coefficient (Wildman–Crippen LogP) is 2.58. The van der Waals surface area contributed by atoms with Crippen LogP contribution in [0, 0.1) is 0 Å². The summed E-state index contributed by atoms with van der Waals surface area (Å²) in [7, 11) is 0. The molecule has 0 amide bonds. The third-order valence-electron chi connectivity index (χ3n) is 3.49. The molecule has 0 aliphatic carbocycles. The summed E-state index contributed by atoms with van der Waals surface area (Å²) in [6.07, 6.45) is 2.96. The number of nitrogens with zero attached hydrogens (tertiary/aromatic N) is 2. The van der Waals surface area contributed by atoms with Gasteiger partial charge in [-0.25, -0.2) is 0 Å². The highest BCUT2D eigenvalue weighted by molar-refractivity contribution is 6.30. The fourth-order valence-electron chi connectivity index (χ4n) is 2.40. The number of hydrogen-bond acceptors (Lipinski definition) is 5. The first-order chi connectivity index (χ1) is 10.3. The summed E-state index contributed by atoms with van der Waals surface area (Å²) in [6.45, 7) is 2.40. The maximum atomic E-state index is 5.96. The molecule has 0 radical (unpaired) electrons. The number of benzene rings is 1. The number of halogens is 1. The van der Waals surface area contributed by atoms with Gasteiger partial charge in [-0.3, -0.25) is 0 Å². The van der Waals surface area contributed by atoms with E-state index in [1.807, 2.05) is 24.3 Å². The van der Waals surface area contributed by atoms with Crippen LogP contribution in [-0.2, 0) is 17.8 Å². The number of hydrogen-bond donors (Lipinski definition) is 1. The fourth-order valence-corrected chi connectivity index (χ4v) is 2.61. The molecule has 0 spiro atoms. The Hall–Kier alpha value is -1.43. The zero-order valence-corrected chi connectivity index (χ0v) is 12.5. The van der Waals surface area contributed by atoms with Crippen molar-refractivity contribution < 1.29 is 9.26 Å². The lowest BCUT2D eigenvalue weighted by molar-refractivity contribution is 0.00859. The molecule has 1 saturated heterocycles. The fraction of sp³-hybridized carbons (Fsp3) is 0.467. The average Bonchev–Trinajstić information content (AvgIpc) is 2.94. The van der Waals surface area contributed by atoms with Gasteiger partial charge in [-0.2, -0.15) is 4.98 Å². The van der Waals surface area contributed by atoms with Gasteiger partial charge in [0.1, 0.15) is 6.61 Å². The van der Waals surface area contributed by atoms with Crippen molar-refractivity contribution >= 4 is 11.6 Å². The number of piperidine rings is 1. The van der Waals surface area contributed by atoms with Gasteiger partial charge in [-0.05, 0) is 43.6 Å². The molecule has 0 atom stereocenters. The average molecular weight is 308 g/mol. The zero-order valence-electron chi connectivity index (χ0n) is 11.7. The van der Waals surface area contributed by atoms with Gasteiger partial charge in [0.25, 0.3) is 5.89 Å². The lowest BCUT2D eigenvalue weighted by Crippen LogP contribution is -2.32. The van der Waals surface area contributed by atoms with E-state index in [-0.39, 0.29) is 6.10 Å². The highest BCUT2D eigenvalue weighted by Gasteiger charge is 2.15. The number of aromatic nitrogens is 2. The SMILES string of the molecule is Clc1cccc(Cc2noc(COC3CCNCC3)n2)c1. The Labute approximate surface area is 128 Å². The van der Waals surface area contributed by atoms with Gasteiger partial charge in [0, 0.05) is 11.4 Å². The van der Waals surface area contributed by atoms with Crippen molar-refractivity contribution in [1.29, 1.82) is 0 Å². The third-order valence-corrected chi connectivity index (χ3v) is 3.73. The molecular formula is C15H18ClN3O2. The molecule has 112 valence electrons. The van der Waals surface area contributed by atoms with Crippen LogP contribution < -0.4 is 5.32 Å². The Balaban J connectivity index is 1.53. The molecule has 2 aromatic rings. The van der Waals surface area contributed by atoms with Crippen molar-refractivity contribution in [3.8, 4) is 0 Å². The molecule has 1 fully saturated rings. The summed E-state index contributed by atoms with van der Waals surface area (Å²) in [5.74, 6) is 1.19. The summed E-state index contributed by atoms with van der Waals surface area (Å²) < 4.78 is 11.0. The lowest BCUT2D eigenvalue weighted by Gasteiger charge is -2.21. The maximum absolute atomic E-state index is 5.96. The minimum Gasteiger partial charge on any atom is -0.368 e. The van der Waals surface area contributed by atoms with Gasteiger partial charge in [0.15, 0.2) is 5.82 Å². The lowest BCUT2D eigenvalue weighted by atomic mass is 10.1. The second-order valence-electron chi connectivity index (χ2n) is 5.17. The number of rotatable bonds is 5. The van der Waals surface area contributed by atoms with Gasteiger partial charge in [0.2, 0.25) is 0 Å². The monoisotopic (exact) mass is 307 g/mol. The molecule has 1 aromatic heterocycles. The Bertz CT molecular complexity index is 582. The molecule has 1 aliphatic rings. The number of nitrogens with one attached hydrogen (secondary N) is 1. The molecule has 1 aromatic carbocycles. The molecule has 0 bridgehead atoms. The van der Waals surface area contributed by atoms with Crippen LogP contribution in [0.5, 0.6) is 0 Å². The summed E-state index contributed by atoms with van der Waals surface area (Å²) >= 11 is 5.96. The predicted molar refractivity (Wildman–Crippen MR) is 79.2 cm³/mol. The van der Waals surface area contributed by atoms with E-state index in [1.165, 1.54) is 0 Å². The van der Waals surface area contributed by atoms with Crippen LogP contribution in [0.2, 0.25) is 5.02 Å². The molecule has 1 N–H and O–H groups in total. The second-order valence-corrected chi connectivity index (χ2v) is 5.61. The van der Waals surface area contributed by atoms with Crippen molar-refractivity contribution in [2.24, 2.45) is 0 Å². The van der Waals surface area contributed by atoms with Crippen LogP contribution in [0.1, 0.15) is 30.1 Å². The van der Waals surface area contributed by atoms with Crippen molar-refractivity contribution in [3.05, 3.63) is 46.6 Å². The van der Waals surface area contributed by atoms with Gasteiger partial charge >= 0.3 is 0 Å². The van der Waals surface area contributed by atoms with Crippen LogP contribution in [-0.4, -0.2) is 29.3 Å². The largest absolute Gasteiger partial charge is 0.368 e. The summed E-state index contributed by atoms with van der Waals surface area (Å²) in [4.78, 5) is 4.36. The quantitative estimate of drug-likeness (QED) is 0.920. The van der Waals surface area contributed by atoms with Crippen molar-refractivity contribution in [2.75, 3.05) is 13.1 Å². The highest BCUT2D eigenvalue weighted by atomic mass is 35.5. The van der Waals surface area contributed by atoms with Gasteiger partial charge in [-0.15, -0.1) is 0 Å². The Morgan fingerprint density at radius 2 is 2.19 bits per heavy atom. The van der Waals surface area contributed by atoms with Gasteiger partial charge < -0.3 is 14.6 Å². The Morgan fingerprint density at radius 3 is 3.00 bits per heavy atom. The van der Waals surface area contributed by atoms with Crippen LogP contribution >= 0.6 is 11.6 Å². The normalized spacial score (nSPS) is 16.2. The van der Waals surface area contributed by atoms with E-state index in [9.17, 15) is 0 Å². The zero-order chi connectivity index (χ0) is 14.5. The third kappa shape index (κ3) is 4.27.